The lowest BCUT2D eigenvalue weighted by atomic mass is 10.1. The summed E-state index contributed by atoms with van der Waals surface area (Å²) in [6.07, 6.45) is 4.15. The van der Waals surface area contributed by atoms with Crippen LogP contribution in [0.5, 0.6) is 0 Å². The molecule has 0 bridgehead atoms. The zero-order valence-electron chi connectivity index (χ0n) is 16.0. The highest BCUT2D eigenvalue weighted by Gasteiger charge is 2.16. The summed E-state index contributed by atoms with van der Waals surface area (Å²) in [4.78, 5) is 20.4. The first-order chi connectivity index (χ1) is 13.5. The fourth-order valence-corrected chi connectivity index (χ4v) is 3.75. The molecule has 146 valence electrons. The second-order valence-electron chi connectivity index (χ2n) is 6.57. The van der Waals surface area contributed by atoms with Crippen molar-refractivity contribution in [2.24, 2.45) is 0 Å². The highest BCUT2D eigenvalue weighted by Crippen LogP contribution is 2.22. The standard InChI is InChI=1S/C21H23N3O3S/c1-15-3-5-18(6-4-15)21-24-19(16(2)27-21)13-28(26)14-20(25)23-12-9-17-7-10-22-11-8-17/h3-8,10-11H,9,12-14H2,1-2H3,(H,23,25). The Bertz CT molecular complexity index is 953. The lowest BCUT2D eigenvalue weighted by Gasteiger charge is -2.05. The van der Waals surface area contributed by atoms with Crippen LogP contribution in [-0.4, -0.2) is 32.4 Å². The van der Waals surface area contributed by atoms with Crippen molar-refractivity contribution in [3.05, 3.63) is 71.4 Å². The Hall–Kier alpha value is -2.80. The van der Waals surface area contributed by atoms with Crippen molar-refractivity contribution in [1.82, 2.24) is 15.3 Å². The molecule has 0 saturated carbocycles. The number of rotatable bonds is 8. The van der Waals surface area contributed by atoms with E-state index in [0.29, 0.717) is 30.3 Å². The van der Waals surface area contributed by atoms with Gasteiger partial charge in [0.15, 0.2) is 0 Å². The minimum Gasteiger partial charge on any atom is -0.441 e. The van der Waals surface area contributed by atoms with E-state index in [1.165, 1.54) is 0 Å². The number of nitrogens with zero attached hydrogens (tertiary/aromatic N) is 2. The third-order valence-electron chi connectivity index (χ3n) is 4.27. The monoisotopic (exact) mass is 397 g/mol. The molecule has 6 nitrogen and oxygen atoms in total. The molecule has 1 N–H and O–H groups in total. The molecule has 0 spiro atoms. The van der Waals surface area contributed by atoms with Crippen molar-refractivity contribution in [2.45, 2.75) is 26.0 Å². The third kappa shape index (κ3) is 5.60. The first-order valence-electron chi connectivity index (χ1n) is 9.05. The number of carbonyl (C=O) groups is 1. The molecule has 0 aliphatic heterocycles. The average Bonchev–Trinajstić information content (AvgIpc) is 3.03. The van der Waals surface area contributed by atoms with Crippen LogP contribution in [0.3, 0.4) is 0 Å². The minimum absolute atomic E-state index is 0.0531. The number of aryl methyl sites for hydroxylation is 2. The molecule has 0 fully saturated rings. The fraction of sp³-hybridized carbons (Fsp3) is 0.286. The normalized spacial score (nSPS) is 11.9. The van der Waals surface area contributed by atoms with Crippen LogP contribution in [0.2, 0.25) is 0 Å². The second-order valence-corrected chi connectivity index (χ2v) is 8.03. The van der Waals surface area contributed by atoms with E-state index >= 15 is 0 Å². The van der Waals surface area contributed by atoms with Gasteiger partial charge in [0, 0.05) is 35.3 Å². The number of carbonyl (C=O) groups excluding carboxylic acids is 1. The molecule has 2 aromatic heterocycles. The van der Waals surface area contributed by atoms with Crippen LogP contribution in [0.4, 0.5) is 0 Å². The summed E-state index contributed by atoms with van der Waals surface area (Å²) in [5, 5.41) is 2.80. The first-order valence-corrected chi connectivity index (χ1v) is 10.5. The molecular formula is C21H23N3O3S. The van der Waals surface area contributed by atoms with Gasteiger partial charge in [-0.3, -0.25) is 14.0 Å². The number of amides is 1. The van der Waals surface area contributed by atoms with Gasteiger partial charge in [0.1, 0.15) is 11.5 Å². The van der Waals surface area contributed by atoms with Crippen LogP contribution in [0.25, 0.3) is 11.5 Å². The van der Waals surface area contributed by atoms with Gasteiger partial charge in [0.2, 0.25) is 11.8 Å². The van der Waals surface area contributed by atoms with Gasteiger partial charge in [-0.1, -0.05) is 17.7 Å². The quantitative estimate of drug-likeness (QED) is 0.632. The smallest absolute Gasteiger partial charge is 0.232 e. The van der Waals surface area contributed by atoms with Crippen molar-refractivity contribution < 1.29 is 13.4 Å². The molecule has 1 atom stereocenters. The number of hydrogen-bond donors (Lipinski definition) is 1. The van der Waals surface area contributed by atoms with Crippen LogP contribution in [0, 0.1) is 13.8 Å². The van der Waals surface area contributed by atoms with Crippen LogP contribution in [-0.2, 0) is 27.8 Å². The first kappa shape index (κ1) is 19.9. The summed E-state index contributed by atoms with van der Waals surface area (Å²) in [5.74, 6) is 1.04. The Labute approximate surface area is 166 Å². The lowest BCUT2D eigenvalue weighted by molar-refractivity contribution is -0.118. The highest BCUT2D eigenvalue weighted by atomic mass is 32.2. The molecule has 7 heteroatoms. The summed E-state index contributed by atoms with van der Waals surface area (Å²) in [5.41, 5.74) is 3.75. The maximum absolute atomic E-state index is 12.4. The van der Waals surface area contributed by atoms with E-state index in [1.54, 1.807) is 19.3 Å². The Morgan fingerprint density at radius 2 is 1.82 bits per heavy atom. The SMILES string of the molecule is Cc1ccc(-c2nc(CS(=O)CC(=O)NCCc3ccncc3)c(C)o2)cc1. The van der Waals surface area contributed by atoms with Crippen molar-refractivity contribution in [3.63, 3.8) is 0 Å². The van der Waals surface area contributed by atoms with Crippen molar-refractivity contribution in [2.75, 3.05) is 12.3 Å². The zero-order valence-corrected chi connectivity index (χ0v) is 16.8. The van der Waals surface area contributed by atoms with E-state index in [0.717, 1.165) is 16.7 Å². The summed E-state index contributed by atoms with van der Waals surface area (Å²) in [6.45, 7) is 4.31. The maximum Gasteiger partial charge on any atom is 0.232 e. The Morgan fingerprint density at radius 3 is 2.54 bits per heavy atom. The molecule has 2 heterocycles. The van der Waals surface area contributed by atoms with E-state index in [1.807, 2.05) is 43.3 Å². The number of hydrogen-bond acceptors (Lipinski definition) is 5. The molecule has 0 radical (unpaired) electrons. The maximum atomic E-state index is 12.4. The van der Waals surface area contributed by atoms with E-state index in [9.17, 15) is 9.00 Å². The van der Waals surface area contributed by atoms with Gasteiger partial charge in [-0.05, 0) is 50.1 Å². The molecule has 28 heavy (non-hydrogen) atoms. The summed E-state index contributed by atoms with van der Waals surface area (Å²) in [7, 11) is -1.35. The number of aromatic nitrogens is 2. The zero-order chi connectivity index (χ0) is 19.9. The van der Waals surface area contributed by atoms with Crippen LogP contribution in [0.15, 0.2) is 53.2 Å². The molecule has 0 saturated heterocycles. The van der Waals surface area contributed by atoms with Crippen molar-refractivity contribution >= 4 is 16.7 Å². The summed E-state index contributed by atoms with van der Waals surface area (Å²) < 4.78 is 18.1. The third-order valence-corrected chi connectivity index (χ3v) is 5.45. The van der Waals surface area contributed by atoms with Crippen LogP contribution < -0.4 is 5.32 Å². The minimum atomic E-state index is -1.35. The van der Waals surface area contributed by atoms with E-state index in [4.69, 9.17) is 4.42 Å². The van der Waals surface area contributed by atoms with Gasteiger partial charge in [0.05, 0.1) is 11.4 Å². The van der Waals surface area contributed by atoms with Gasteiger partial charge in [-0.15, -0.1) is 0 Å². The molecule has 3 aromatic rings. The number of pyridine rings is 1. The number of nitrogens with one attached hydrogen (secondary N) is 1. The fourth-order valence-electron chi connectivity index (χ4n) is 2.68. The molecule has 1 unspecified atom stereocenters. The van der Waals surface area contributed by atoms with Gasteiger partial charge in [-0.2, -0.15) is 0 Å². The summed E-state index contributed by atoms with van der Waals surface area (Å²) >= 11 is 0. The Kier molecular flexibility index (Phi) is 6.71. The number of benzene rings is 1. The highest BCUT2D eigenvalue weighted by molar-refractivity contribution is 7.84. The predicted octanol–water partition coefficient (Wildman–Crippen LogP) is 2.96. The van der Waals surface area contributed by atoms with E-state index in [2.05, 4.69) is 15.3 Å². The molecule has 0 aliphatic carbocycles. The Morgan fingerprint density at radius 1 is 1.11 bits per heavy atom. The second kappa shape index (κ2) is 9.41. The van der Waals surface area contributed by atoms with Gasteiger partial charge in [0.25, 0.3) is 0 Å². The predicted molar refractivity (Wildman–Crippen MR) is 109 cm³/mol. The molecule has 1 amide bonds. The molecule has 1 aromatic carbocycles. The Balaban J connectivity index is 1.50. The average molecular weight is 398 g/mol. The van der Waals surface area contributed by atoms with E-state index in [-0.39, 0.29) is 17.4 Å². The summed E-state index contributed by atoms with van der Waals surface area (Å²) in [6, 6.07) is 11.7. The van der Waals surface area contributed by atoms with Crippen LogP contribution in [0.1, 0.15) is 22.6 Å². The van der Waals surface area contributed by atoms with Crippen molar-refractivity contribution in [1.29, 1.82) is 0 Å². The molecule has 3 rings (SSSR count). The largest absolute Gasteiger partial charge is 0.441 e. The van der Waals surface area contributed by atoms with Gasteiger partial charge < -0.3 is 9.73 Å². The number of oxazole rings is 1. The molecule has 0 aliphatic rings. The lowest BCUT2D eigenvalue weighted by Crippen LogP contribution is -2.30. The van der Waals surface area contributed by atoms with Crippen LogP contribution >= 0.6 is 0 Å². The van der Waals surface area contributed by atoms with Gasteiger partial charge in [-0.25, -0.2) is 4.98 Å². The molecular weight excluding hydrogens is 374 g/mol. The van der Waals surface area contributed by atoms with E-state index < -0.39 is 10.8 Å². The van der Waals surface area contributed by atoms with Gasteiger partial charge >= 0.3 is 0 Å². The van der Waals surface area contributed by atoms with Crippen molar-refractivity contribution in [3.8, 4) is 11.5 Å². The topological polar surface area (TPSA) is 85.1 Å².